The first-order valence-electron chi connectivity index (χ1n) is 16.7. The minimum absolute atomic E-state index is 0.175. The van der Waals surface area contributed by atoms with Gasteiger partial charge in [0, 0.05) is 22.1 Å². The van der Waals surface area contributed by atoms with Crippen LogP contribution in [0.3, 0.4) is 0 Å². The zero-order chi connectivity index (χ0) is 36.5. The molecule has 3 N–H and O–H groups in total. The van der Waals surface area contributed by atoms with Gasteiger partial charge in [0.15, 0.2) is 0 Å². The molecule has 5 rings (SSSR count). The van der Waals surface area contributed by atoms with E-state index in [1.165, 1.54) is 18.1 Å². The Morgan fingerprint density at radius 2 is 1.29 bits per heavy atom. The molecule has 0 radical (unpaired) electrons. The number of rotatable bonds is 16. The minimum atomic E-state index is -0.582. The average Bonchev–Trinajstić information content (AvgIpc) is 3.11. The molecule has 0 aliphatic heterocycles. The molecule has 7 nitrogen and oxygen atoms in total. The fourth-order valence-corrected chi connectivity index (χ4v) is 6.62. The minimum Gasteiger partial charge on any atom is -0.508 e. The maximum Gasteiger partial charge on any atom is 0.311 e. The third-order valence-corrected chi connectivity index (χ3v) is 9.35. The number of hydrogen-bond acceptors (Lipinski definition) is 7. The molecule has 0 aromatic heterocycles. The van der Waals surface area contributed by atoms with Crippen molar-refractivity contribution in [2.75, 3.05) is 0 Å². The van der Waals surface area contributed by atoms with E-state index < -0.39 is 10.7 Å². The van der Waals surface area contributed by atoms with E-state index >= 15 is 0 Å². The van der Waals surface area contributed by atoms with E-state index in [4.69, 9.17) is 4.18 Å². The van der Waals surface area contributed by atoms with Gasteiger partial charge in [-0.2, -0.15) is 0 Å². The van der Waals surface area contributed by atoms with Gasteiger partial charge in [0.25, 0.3) is 0 Å². The van der Waals surface area contributed by atoms with Crippen molar-refractivity contribution in [2.45, 2.75) is 50.3 Å². The highest BCUT2D eigenvalue weighted by atomic mass is 32.2. The summed E-state index contributed by atoms with van der Waals surface area (Å²) in [5.74, 6) is 0.583. The van der Waals surface area contributed by atoms with Crippen molar-refractivity contribution in [3.8, 4) is 45.3 Å². The van der Waals surface area contributed by atoms with Crippen LogP contribution in [0.25, 0.3) is 22.3 Å². The molecule has 0 atom stereocenters. The van der Waals surface area contributed by atoms with Gasteiger partial charge >= 0.3 is 5.69 Å². The molecule has 0 heterocycles. The summed E-state index contributed by atoms with van der Waals surface area (Å²) in [5, 5.41) is 44.7. The molecule has 0 bridgehead atoms. The topological polar surface area (TPSA) is 113 Å². The van der Waals surface area contributed by atoms with Crippen LogP contribution in [0.15, 0.2) is 128 Å². The van der Waals surface area contributed by atoms with Crippen molar-refractivity contribution in [1.82, 2.24) is 0 Å². The molecular weight excluding hydrogens is 659 g/mol. The number of benzene rings is 5. The van der Waals surface area contributed by atoms with Gasteiger partial charge in [-0.25, -0.2) is 0 Å². The normalized spacial score (nSPS) is 10.8. The first kappa shape index (κ1) is 36.5. The second-order valence-corrected chi connectivity index (χ2v) is 13.2. The van der Waals surface area contributed by atoms with Gasteiger partial charge in [-0.3, -0.25) is 10.1 Å². The van der Waals surface area contributed by atoms with Crippen LogP contribution in [-0.2, 0) is 32.1 Å². The lowest BCUT2D eigenvalue weighted by Gasteiger charge is -2.16. The Labute approximate surface area is 303 Å². The van der Waals surface area contributed by atoms with Crippen LogP contribution in [0.5, 0.6) is 23.0 Å². The van der Waals surface area contributed by atoms with E-state index in [0.29, 0.717) is 66.5 Å². The molecule has 0 saturated heterocycles. The van der Waals surface area contributed by atoms with Crippen LogP contribution in [0, 0.1) is 17.0 Å². The van der Waals surface area contributed by atoms with Crippen molar-refractivity contribution < 1.29 is 24.4 Å². The molecule has 51 heavy (non-hydrogen) atoms. The molecule has 0 saturated carbocycles. The maximum absolute atomic E-state index is 11.8. The van der Waals surface area contributed by atoms with Crippen LogP contribution in [-0.4, -0.2) is 20.2 Å². The molecule has 0 aliphatic rings. The summed E-state index contributed by atoms with van der Waals surface area (Å²) in [4.78, 5) is 12.2. The van der Waals surface area contributed by atoms with E-state index in [2.05, 4.69) is 19.7 Å². The molecule has 5 aromatic carbocycles. The molecule has 0 fully saturated rings. The van der Waals surface area contributed by atoms with Crippen LogP contribution in [0.2, 0.25) is 0 Å². The molecule has 0 unspecified atom stereocenters. The highest BCUT2D eigenvalue weighted by Crippen LogP contribution is 2.41. The Kier molecular flexibility index (Phi) is 12.0. The summed E-state index contributed by atoms with van der Waals surface area (Å²) in [7, 11) is 0. The maximum atomic E-state index is 11.8. The molecule has 0 spiro atoms. The SMILES string of the molecule is C=CCc1cc(CCCc2cc(-c3cc(CC=C)cc([N+](=O)[O-])c3O)ccc2OSc2ccc(C)cc2)c(O)c(-c2ccc(O)c(CC=C)c2)c1. The molecule has 0 amide bonds. The number of aromatic hydroxyl groups is 3. The summed E-state index contributed by atoms with van der Waals surface area (Å²) in [6.07, 6.45) is 8.47. The van der Waals surface area contributed by atoms with E-state index in [9.17, 15) is 25.4 Å². The smallest absolute Gasteiger partial charge is 0.311 e. The number of phenolic OH excluding ortho intramolecular Hbond substituents is 3. The number of nitro groups is 1. The van der Waals surface area contributed by atoms with E-state index in [-0.39, 0.29) is 17.2 Å². The quantitative estimate of drug-likeness (QED) is 0.0406. The number of allylic oxidation sites excluding steroid dienone is 3. The summed E-state index contributed by atoms with van der Waals surface area (Å²) >= 11 is 1.24. The summed E-state index contributed by atoms with van der Waals surface area (Å²) in [5.41, 5.74) is 7.22. The molecule has 260 valence electrons. The Balaban J connectivity index is 1.49. The Morgan fingerprint density at radius 1 is 0.706 bits per heavy atom. The second-order valence-electron chi connectivity index (χ2n) is 12.4. The molecular formula is C43H41NO6S. The fourth-order valence-electron chi connectivity index (χ4n) is 6.03. The van der Waals surface area contributed by atoms with Gasteiger partial charge in [-0.1, -0.05) is 54.1 Å². The molecule has 8 heteroatoms. The first-order valence-corrected chi connectivity index (χ1v) is 17.4. The van der Waals surface area contributed by atoms with Gasteiger partial charge < -0.3 is 19.5 Å². The van der Waals surface area contributed by atoms with Gasteiger partial charge in [0.2, 0.25) is 5.75 Å². The largest absolute Gasteiger partial charge is 0.508 e. The highest BCUT2D eigenvalue weighted by molar-refractivity contribution is 7.95. The monoisotopic (exact) mass is 699 g/mol. The lowest BCUT2D eigenvalue weighted by Crippen LogP contribution is -1.98. The van der Waals surface area contributed by atoms with Crippen LogP contribution in [0.1, 0.15) is 39.8 Å². The Morgan fingerprint density at radius 3 is 1.94 bits per heavy atom. The molecule has 0 aliphatic carbocycles. The predicted molar refractivity (Wildman–Crippen MR) is 207 cm³/mol. The van der Waals surface area contributed by atoms with E-state index in [0.717, 1.165) is 38.3 Å². The van der Waals surface area contributed by atoms with E-state index in [1.54, 1.807) is 36.4 Å². The third-order valence-electron chi connectivity index (χ3n) is 8.62. The van der Waals surface area contributed by atoms with Gasteiger partial charge in [-0.15, -0.1) is 19.7 Å². The van der Waals surface area contributed by atoms with Crippen molar-refractivity contribution in [3.63, 3.8) is 0 Å². The number of aryl methyl sites for hydroxylation is 3. The van der Waals surface area contributed by atoms with Crippen molar-refractivity contribution >= 4 is 17.7 Å². The number of hydrogen-bond donors (Lipinski definition) is 3. The fraction of sp³-hybridized carbons (Fsp3) is 0.163. The van der Waals surface area contributed by atoms with Crippen LogP contribution < -0.4 is 4.18 Å². The number of phenols is 3. The van der Waals surface area contributed by atoms with E-state index in [1.807, 2.05) is 67.6 Å². The van der Waals surface area contributed by atoms with Crippen LogP contribution in [0.4, 0.5) is 5.69 Å². The van der Waals surface area contributed by atoms with Gasteiger partial charge in [0.05, 0.1) is 17.0 Å². The molecule has 5 aromatic rings. The van der Waals surface area contributed by atoms with Crippen molar-refractivity contribution in [2.24, 2.45) is 0 Å². The number of nitro benzene ring substituents is 1. The first-order chi connectivity index (χ1) is 24.6. The summed E-state index contributed by atoms with van der Waals surface area (Å²) < 4.78 is 6.25. The highest BCUT2D eigenvalue weighted by Gasteiger charge is 2.21. The summed E-state index contributed by atoms with van der Waals surface area (Å²) in [6.45, 7) is 13.5. The number of nitrogens with zero attached hydrogens (tertiary/aromatic N) is 1. The standard InChI is InChI=1S/C43H41NO6S/c1-5-9-29-22-35(42(46)37(23-29)31-16-20-40(45)33(26-31)11-7-3)13-8-12-34-27-32(17-21-41(34)50-51-36-18-14-28(4)15-19-36)38-24-30(10-6-2)25-39(43(38)47)44(48)49/h5-7,14-27,45-47H,1-3,8-13H2,4H3. The predicted octanol–water partition coefficient (Wildman–Crippen LogP) is 10.8. The van der Waals surface area contributed by atoms with Crippen molar-refractivity contribution in [1.29, 1.82) is 0 Å². The zero-order valence-electron chi connectivity index (χ0n) is 28.6. The Bertz CT molecular complexity index is 2090. The summed E-state index contributed by atoms with van der Waals surface area (Å²) in [6, 6.07) is 25.9. The Hall–Kier alpha value is -5.73. The van der Waals surface area contributed by atoms with Gasteiger partial charge in [0.1, 0.15) is 17.2 Å². The van der Waals surface area contributed by atoms with Crippen LogP contribution >= 0.6 is 12.0 Å². The van der Waals surface area contributed by atoms with Crippen molar-refractivity contribution in [3.05, 3.63) is 166 Å². The average molecular weight is 700 g/mol. The zero-order valence-corrected chi connectivity index (χ0v) is 29.4. The second kappa shape index (κ2) is 16.8. The third kappa shape index (κ3) is 8.90. The van der Waals surface area contributed by atoms with Gasteiger partial charge in [-0.05, 0) is 133 Å². The lowest BCUT2D eigenvalue weighted by molar-refractivity contribution is -0.385. The lowest BCUT2D eigenvalue weighted by atomic mass is 9.92.